The van der Waals surface area contributed by atoms with Gasteiger partial charge in [0.2, 0.25) is 0 Å². The van der Waals surface area contributed by atoms with Gasteiger partial charge in [0.15, 0.2) is 0 Å². The van der Waals surface area contributed by atoms with Crippen molar-refractivity contribution in [3.8, 4) is 0 Å². The molecule has 3 nitrogen and oxygen atoms in total. The average Bonchev–Trinajstić information content (AvgIpc) is 2.66. The molecule has 7 unspecified atom stereocenters. The number of hydrogen-bond donors (Lipinski definition) is 2. The summed E-state index contributed by atoms with van der Waals surface area (Å²) in [5.74, 6) is 3.82. The van der Waals surface area contributed by atoms with Crippen LogP contribution in [0.1, 0.15) is 32.6 Å². The second-order valence-corrected chi connectivity index (χ2v) is 6.74. The van der Waals surface area contributed by atoms with Crippen molar-refractivity contribution in [3.63, 3.8) is 0 Å². The Labute approximate surface area is 104 Å². The second kappa shape index (κ2) is 3.94. The van der Waals surface area contributed by atoms with Gasteiger partial charge < -0.3 is 10.1 Å². The van der Waals surface area contributed by atoms with Crippen LogP contribution in [0.3, 0.4) is 0 Å². The summed E-state index contributed by atoms with van der Waals surface area (Å²) in [6.07, 6.45) is 6.41. The third-order valence-electron chi connectivity index (χ3n) is 5.66. The van der Waals surface area contributed by atoms with Gasteiger partial charge in [-0.1, -0.05) is 0 Å². The van der Waals surface area contributed by atoms with Gasteiger partial charge in [-0.05, 0) is 69.4 Å². The number of piperidine rings is 1. The van der Waals surface area contributed by atoms with Crippen LogP contribution in [0.2, 0.25) is 0 Å². The topological polar surface area (TPSA) is 33.3 Å². The molecule has 2 bridgehead atoms. The molecule has 2 N–H and O–H groups in total. The van der Waals surface area contributed by atoms with Crippen molar-refractivity contribution in [1.82, 2.24) is 10.6 Å². The van der Waals surface area contributed by atoms with Crippen LogP contribution >= 0.6 is 0 Å². The lowest BCUT2D eigenvalue weighted by molar-refractivity contribution is -0.0303. The number of ether oxygens (including phenoxy) is 1. The van der Waals surface area contributed by atoms with E-state index >= 15 is 0 Å². The zero-order valence-electron chi connectivity index (χ0n) is 10.7. The number of nitrogens with one attached hydrogen (secondary N) is 2. The molecule has 3 heteroatoms. The van der Waals surface area contributed by atoms with Crippen molar-refractivity contribution in [1.29, 1.82) is 0 Å². The van der Waals surface area contributed by atoms with Crippen molar-refractivity contribution < 1.29 is 4.74 Å². The molecule has 17 heavy (non-hydrogen) atoms. The van der Waals surface area contributed by atoms with E-state index in [4.69, 9.17) is 4.74 Å². The van der Waals surface area contributed by atoms with Crippen LogP contribution in [0.4, 0.5) is 0 Å². The molecule has 4 rings (SSSR count). The normalized spacial score (nSPS) is 57.4. The zero-order chi connectivity index (χ0) is 11.4. The standard InChI is InChI=1S/C14H24N2O/c1-8-16-13-5-12-10(4-14(13)17-8)2-9-3-11(12)7-15-6-9/h8-16H,2-7H2,1H3. The van der Waals surface area contributed by atoms with Gasteiger partial charge in [-0.15, -0.1) is 0 Å². The number of hydrogen-bond acceptors (Lipinski definition) is 3. The molecule has 0 amide bonds. The lowest BCUT2D eigenvalue weighted by atomic mass is 9.60. The SMILES string of the molecule is CC1NC2CC3C4CNCC(C4)CC3CC2O1. The van der Waals surface area contributed by atoms with E-state index in [0.29, 0.717) is 12.1 Å². The molecule has 4 aliphatic rings. The molecule has 4 fully saturated rings. The number of fused-ring (bicyclic) bond motifs is 5. The van der Waals surface area contributed by atoms with E-state index in [0.717, 1.165) is 23.7 Å². The van der Waals surface area contributed by atoms with Crippen molar-refractivity contribution in [2.45, 2.75) is 51.0 Å². The first-order chi connectivity index (χ1) is 8.29. The summed E-state index contributed by atoms with van der Waals surface area (Å²) in [5, 5.41) is 7.26. The smallest absolute Gasteiger partial charge is 0.106 e. The fraction of sp³-hybridized carbons (Fsp3) is 1.00. The highest BCUT2D eigenvalue weighted by molar-refractivity contribution is 5.00. The predicted octanol–water partition coefficient (Wildman–Crippen LogP) is 1.34. The maximum Gasteiger partial charge on any atom is 0.106 e. The Morgan fingerprint density at radius 1 is 1.00 bits per heavy atom. The van der Waals surface area contributed by atoms with Crippen LogP contribution in [0.5, 0.6) is 0 Å². The Kier molecular flexibility index (Phi) is 2.50. The monoisotopic (exact) mass is 236 g/mol. The maximum atomic E-state index is 6.01. The Hall–Kier alpha value is -0.120. The number of rotatable bonds is 0. The molecule has 2 heterocycles. The molecule has 2 aliphatic carbocycles. The molecule has 0 radical (unpaired) electrons. The molecule has 7 atom stereocenters. The van der Waals surface area contributed by atoms with Crippen molar-refractivity contribution in [2.24, 2.45) is 23.7 Å². The molecular weight excluding hydrogens is 212 g/mol. The molecule has 0 aromatic rings. The molecule has 96 valence electrons. The minimum Gasteiger partial charge on any atom is -0.359 e. The fourth-order valence-corrected chi connectivity index (χ4v) is 5.05. The third kappa shape index (κ3) is 1.74. The summed E-state index contributed by atoms with van der Waals surface area (Å²) >= 11 is 0. The second-order valence-electron chi connectivity index (χ2n) is 6.74. The third-order valence-corrected chi connectivity index (χ3v) is 5.66. The fourth-order valence-electron chi connectivity index (χ4n) is 5.05. The maximum absolute atomic E-state index is 6.01. The molecule has 2 saturated heterocycles. The summed E-state index contributed by atoms with van der Waals surface area (Å²) < 4.78 is 6.01. The Balaban J connectivity index is 1.54. The summed E-state index contributed by atoms with van der Waals surface area (Å²) in [7, 11) is 0. The van der Waals surface area contributed by atoms with Crippen LogP contribution in [-0.4, -0.2) is 31.5 Å². The van der Waals surface area contributed by atoms with Crippen molar-refractivity contribution in [3.05, 3.63) is 0 Å². The molecule has 2 saturated carbocycles. The van der Waals surface area contributed by atoms with E-state index in [1.165, 1.54) is 38.8 Å². The van der Waals surface area contributed by atoms with Crippen LogP contribution < -0.4 is 10.6 Å². The van der Waals surface area contributed by atoms with E-state index in [2.05, 4.69) is 17.6 Å². The van der Waals surface area contributed by atoms with Gasteiger partial charge in [0.1, 0.15) is 6.23 Å². The minimum absolute atomic E-state index is 0.280. The molecular formula is C14H24N2O. The Morgan fingerprint density at radius 2 is 1.88 bits per heavy atom. The quantitative estimate of drug-likeness (QED) is 0.666. The zero-order valence-corrected chi connectivity index (χ0v) is 10.7. The molecule has 0 aromatic carbocycles. The van der Waals surface area contributed by atoms with Gasteiger partial charge in [0.25, 0.3) is 0 Å². The average molecular weight is 236 g/mol. The summed E-state index contributed by atoms with van der Waals surface area (Å²) in [5.41, 5.74) is 0. The van der Waals surface area contributed by atoms with Crippen molar-refractivity contribution >= 4 is 0 Å². The van der Waals surface area contributed by atoms with Crippen LogP contribution in [0.15, 0.2) is 0 Å². The minimum atomic E-state index is 0.280. The van der Waals surface area contributed by atoms with Gasteiger partial charge in [-0.25, -0.2) is 0 Å². The summed E-state index contributed by atoms with van der Waals surface area (Å²) in [6, 6.07) is 0.643. The highest BCUT2D eigenvalue weighted by atomic mass is 16.5. The van der Waals surface area contributed by atoms with Crippen LogP contribution in [-0.2, 0) is 4.74 Å². The predicted molar refractivity (Wildman–Crippen MR) is 66.6 cm³/mol. The van der Waals surface area contributed by atoms with Gasteiger partial charge in [-0.2, -0.15) is 0 Å². The summed E-state index contributed by atoms with van der Waals surface area (Å²) in [4.78, 5) is 0. The van der Waals surface area contributed by atoms with Crippen LogP contribution in [0, 0.1) is 23.7 Å². The lowest BCUT2D eigenvalue weighted by Crippen LogP contribution is -2.52. The van der Waals surface area contributed by atoms with Gasteiger partial charge >= 0.3 is 0 Å². The first kappa shape index (κ1) is 10.8. The van der Waals surface area contributed by atoms with E-state index in [1.807, 2.05) is 0 Å². The first-order valence-electron chi connectivity index (χ1n) is 7.42. The van der Waals surface area contributed by atoms with Gasteiger partial charge in [0.05, 0.1) is 6.10 Å². The molecule has 0 aromatic heterocycles. The molecule has 2 aliphatic heterocycles. The van der Waals surface area contributed by atoms with Crippen molar-refractivity contribution in [2.75, 3.05) is 13.1 Å². The van der Waals surface area contributed by atoms with E-state index < -0.39 is 0 Å². The summed E-state index contributed by atoms with van der Waals surface area (Å²) in [6.45, 7) is 4.69. The van der Waals surface area contributed by atoms with E-state index in [9.17, 15) is 0 Å². The lowest BCUT2D eigenvalue weighted by Gasteiger charge is -2.50. The Bertz CT molecular complexity index is 309. The largest absolute Gasteiger partial charge is 0.359 e. The van der Waals surface area contributed by atoms with Crippen LogP contribution in [0.25, 0.3) is 0 Å². The highest BCUT2D eigenvalue weighted by Gasteiger charge is 2.48. The molecule has 0 spiro atoms. The van der Waals surface area contributed by atoms with E-state index in [-0.39, 0.29) is 6.23 Å². The van der Waals surface area contributed by atoms with Gasteiger partial charge in [0, 0.05) is 6.04 Å². The Morgan fingerprint density at radius 3 is 2.82 bits per heavy atom. The first-order valence-corrected chi connectivity index (χ1v) is 7.42. The highest BCUT2D eigenvalue weighted by Crippen LogP contribution is 2.48. The van der Waals surface area contributed by atoms with E-state index in [1.54, 1.807) is 0 Å². The van der Waals surface area contributed by atoms with Gasteiger partial charge in [-0.3, -0.25) is 5.32 Å².